The number of aromatic nitrogens is 2. The molecular weight excluding hydrogens is 256 g/mol. The maximum atomic E-state index is 9.32. The van der Waals surface area contributed by atoms with Gasteiger partial charge in [0.05, 0.1) is 17.6 Å². The summed E-state index contributed by atoms with van der Waals surface area (Å²) in [6, 6.07) is 3.88. The number of fused-ring (bicyclic) bond motifs is 2. The first-order chi connectivity index (χ1) is 9.50. The zero-order valence-corrected chi connectivity index (χ0v) is 12.1. The summed E-state index contributed by atoms with van der Waals surface area (Å²) in [5, 5.41) is 9.32. The Hall–Kier alpha value is -1.75. The van der Waals surface area contributed by atoms with Crippen molar-refractivity contribution >= 4 is 11.0 Å². The largest absolute Gasteiger partial charge is 0.486 e. The third kappa shape index (κ3) is 2.12. The Labute approximate surface area is 118 Å². The van der Waals surface area contributed by atoms with Gasteiger partial charge in [-0.25, -0.2) is 4.98 Å². The molecule has 0 bridgehead atoms. The molecule has 2 aromatic rings. The lowest BCUT2D eigenvalue weighted by Crippen LogP contribution is -2.20. The van der Waals surface area contributed by atoms with E-state index >= 15 is 0 Å². The van der Waals surface area contributed by atoms with Crippen molar-refractivity contribution in [1.82, 2.24) is 9.55 Å². The summed E-state index contributed by atoms with van der Waals surface area (Å²) < 4.78 is 13.3. The number of rotatable bonds is 2. The molecule has 5 nitrogen and oxygen atoms in total. The lowest BCUT2D eigenvalue weighted by molar-refractivity contribution is 0.172. The van der Waals surface area contributed by atoms with Crippen LogP contribution in [0.3, 0.4) is 0 Å². The highest BCUT2D eigenvalue weighted by atomic mass is 16.6. The van der Waals surface area contributed by atoms with E-state index in [-0.39, 0.29) is 12.0 Å². The molecule has 2 heterocycles. The summed E-state index contributed by atoms with van der Waals surface area (Å²) in [6.45, 7) is 8.12. The second-order valence-electron chi connectivity index (χ2n) is 6.05. The lowest BCUT2D eigenvalue weighted by atomic mass is 9.95. The van der Waals surface area contributed by atoms with Crippen LogP contribution < -0.4 is 9.47 Å². The highest BCUT2D eigenvalue weighted by molar-refractivity contribution is 5.81. The number of hydrogen-bond acceptors (Lipinski definition) is 4. The number of benzene rings is 1. The first-order valence-corrected chi connectivity index (χ1v) is 6.92. The van der Waals surface area contributed by atoms with Crippen LogP contribution in [-0.2, 0) is 12.0 Å². The Bertz CT molecular complexity index is 641. The van der Waals surface area contributed by atoms with E-state index in [1.807, 2.05) is 12.1 Å². The summed E-state index contributed by atoms with van der Waals surface area (Å²) in [5.74, 6) is 2.46. The second-order valence-corrected chi connectivity index (χ2v) is 6.05. The van der Waals surface area contributed by atoms with Crippen molar-refractivity contribution in [2.24, 2.45) is 0 Å². The van der Waals surface area contributed by atoms with Crippen LogP contribution in [0.2, 0.25) is 0 Å². The van der Waals surface area contributed by atoms with E-state index in [0.717, 1.165) is 28.4 Å². The third-order valence-corrected chi connectivity index (χ3v) is 3.41. The fraction of sp³-hybridized carbons (Fsp3) is 0.533. The summed E-state index contributed by atoms with van der Waals surface area (Å²) in [5.41, 5.74) is 1.78. The fourth-order valence-electron chi connectivity index (χ4n) is 2.56. The Morgan fingerprint density at radius 1 is 1.20 bits per heavy atom. The molecule has 1 aromatic carbocycles. The van der Waals surface area contributed by atoms with Crippen molar-refractivity contribution in [3.05, 3.63) is 18.0 Å². The van der Waals surface area contributed by atoms with Gasteiger partial charge in [0.25, 0.3) is 0 Å². The minimum Gasteiger partial charge on any atom is -0.486 e. The van der Waals surface area contributed by atoms with Crippen LogP contribution in [-0.4, -0.2) is 34.5 Å². The van der Waals surface area contributed by atoms with Crippen LogP contribution in [0.4, 0.5) is 0 Å². The number of ether oxygens (including phenoxy) is 2. The normalized spacial score (nSPS) is 14.8. The molecule has 0 aliphatic carbocycles. The second kappa shape index (κ2) is 4.66. The van der Waals surface area contributed by atoms with Crippen LogP contribution in [0.25, 0.3) is 11.0 Å². The Kier molecular flexibility index (Phi) is 3.09. The smallest absolute Gasteiger partial charge is 0.163 e. The van der Waals surface area contributed by atoms with Gasteiger partial charge in [-0.15, -0.1) is 0 Å². The summed E-state index contributed by atoms with van der Waals surface area (Å²) in [6.07, 6.45) is 0. The number of hydrogen-bond donors (Lipinski definition) is 1. The summed E-state index contributed by atoms with van der Waals surface area (Å²) >= 11 is 0. The van der Waals surface area contributed by atoms with Crippen molar-refractivity contribution in [2.75, 3.05) is 19.8 Å². The van der Waals surface area contributed by atoms with Gasteiger partial charge in [-0.05, 0) is 0 Å². The predicted octanol–water partition coefficient (Wildman–Crippen LogP) is 2.10. The fourth-order valence-corrected chi connectivity index (χ4v) is 2.56. The van der Waals surface area contributed by atoms with E-state index in [2.05, 4.69) is 25.3 Å². The summed E-state index contributed by atoms with van der Waals surface area (Å²) in [7, 11) is 0. The number of imidazole rings is 1. The minimum atomic E-state index is -0.0869. The molecule has 1 aromatic heterocycles. The predicted molar refractivity (Wildman–Crippen MR) is 76.5 cm³/mol. The first-order valence-electron chi connectivity index (χ1n) is 6.92. The maximum absolute atomic E-state index is 9.32. The average molecular weight is 276 g/mol. The monoisotopic (exact) mass is 276 g/mol. The molecular formula is C15H20N2O3. The third-order valence-electron chi connectivity index (χ3n) is 3.41. The molecule has 0 unspecified atom stereocenters. The highest BCUT2D eigenvalue weighted by Crippen LogP contribution is 2.36. The molecule has 1 aliphatic rings. The van der Waals surface area contributed by atoms with Crippen LogP contribution >= 0.6 is 0 Å². The molecule has 20 heavy (non-hydrogen) atoms. The van der Waals surface area contributed by atoms with Crippen molar-refractivity contribution in [2.45, 2.75) is 32.7 Å². The zero-order chi connectivity index (χ0) is 14.3. The topological polar surface area (TPSA) is 56.5 Å². The standard InChI is InChI=1S/C15H20N2O3/c1-15(2,3)14-16-10-8-12-13(20-7-6-19-12)9-11(10)17(14)4-5-18/h8-9,18H,4-7H2,1-3H3. The average Bonchev–Trinajstić information content (AvgIpc) is 2.75. The van der Waals surface area contributed by atoms with Gasteiger partial charge < -0.3 is 19.1 Å². The molecule has 0 saturated carbocycles. The molecule has 1 aliphatic heterocycles. The molecule has 0 saturated heterocycles. The summed E-state index contributed by atoms with van der Waals surface area (Å²) in [4.78, 5) is 4.73. The van der Waals surface area contributed by atoms with Crippen LogP contribution in [0.1, 0.15) is 26.6 Å². The molecule has 0 amide bonds. The van der Waals surface area contributed by atoms with Crippen LogP contribution in [0.5, 0.6) is 11.5 Å². The number of aliphatic hydroxyl groups excluding tert-OH is 1. The molecule has 3 rings (SSSR count). The zero-order valence-electron chi connectivity index (χ0n) is 12.1. The SMILES string of the molecule is CC(C)(C)c1nc2cc3c(cc2n1CCO)OCCO3. The van der Waals surface area contributed by atoms with E-state index in [1.165, 1.54) is 0 Å². The van der Waals surface area contributed by atoms with Crippen LogP contribution in [0, 0.1) is 0 Å². The Morgan fingerprint density at radius 3 is 2.45 bits per heavy atom. The van der Waals surface area contributed by atoms with E-state index in [1.54, 1.807) is 0 Å². The van der Waals surface area contributed by atoms with Gasteiger partial charge in [-0.3, -0.25) is 0 Å². The van der Waals surface area contributed by atoms with Crippen molar-refractivity contribution in [3.8, 4) is 11.5 Å². The number of nitrogens with zero attached hydrogens (tertiary/aromatic N) is 2. The van der Waals surface area contributed by atoms with E-state index < -0.39 is 0 Å². The number of aliphatic hydroxyl groups is 1. The first kappa shape index (κ1) is 13.2. The molecule has 5 heteroatoms. The van der Waals surface area contributed by atoms with Gasteiger partial charge in [0.2, 0.25) is 0 Å². The van der Waals surface area contributed by atoms with E-state index in [4.69, 9.17) is 14.5 Å². The van der Waals surface area contributed by atoms with Gasteiger partial charge in [0.1, 0.15) is 19.0 Å². The van der Waals surface area contributed by atoms with Crippen LogP contribution in [0.15, 0.2) is 12.1 Å². The van der Waals surface area contributed by atoms with Gasteiger partial charge in [-0.1, -0.05) is 20.8 Å². The van der Waals surface area contributed by atoms with Crippen molar-refractivity contribution in [3.63, 3.8) is 0 Å². The lowest BCUT2D eigenvalue weighted by Gasteiger charge is -2.20. The maximum Gasteiger partial charge on any atom is 0.163 e. The molecule has 0 fully saturated rings. The Balaban J connectivity index is 2.23. The molecule has 108 valence electrons. The van der Waals surface area contributed by atoms with Gasteiger partial charge in [0.15, 0.2) is 11.5 Å². The molecule has 1 N–H and O–H groups in total. The Morgan fingerprint density at radius 2 is 1.85 bits per heavy atom. The van der Waals surface area contributed by atoms with Crippen molar-refractivity contribution < 1.29 is 14.6 Å². The van der Waals surface area contributed by atoms with Crippen molar-refractivity contribution in [1.29, 1.82) is 0 Å². The minimum absolute atomic E-state index is 0.0863. The van der Waals surface area contributed by atoms with E-state index in [9.17, 15) is 5.11 Å². The highest BCUT2D eigenvalue weighted by Gasteiger charge is 2.24. The quantitative estimate of drug-likeness (QED) is 0.912. The van der Waals surface area contributed by atoms with Gasteiger partial charge in [0, 0.05) is 24.1 Å². The molecule has 0 radical (unpaired) electrons. The molecule has 0 atom stereocenters. The molecule has 0 spiro atoms. The van der Waals surface area contributed by atoms with Gasteiger partial charge in [-0.2, -0.15) is 0 Å². The van der Waals surface area contributed by atoms with E-state index in [0.29, 0.717) is 19.8 Å². The van der Waals surface area contributed by atoms with Gasteiger partial charge >= 0.3 is 0 Å².